The summed E-state index contributed by atoms with van der Waals surface area (Å²) < 4.78 is 13.5. The van der Waals surface area contributed by atoms with Gasteiger partial charge in [-0.2, -0.15) is 0 Å². The van der Waals surface area contributed by atoms with Gasteiger partial charge in [-0.3, -0.25) is 0 Å². The van der Waals surface area contributed by atoms with Gasteiger partial charge >= 0.3 is 0 Å². The van der Waals surface area contributed by atoms with E-state index in [0.29, 0.717) is 17.9 Å². The average molecular weight is 326 g/mol. The summed E-state index contributed by atoms with van der Waals surface area (Å²) in [6, 6.07) is 11.2. The topological polar surface area (TPSA) is 84.1 Å². The van der Waals surface area contributed by atoms with Crippen molar-refractivity contribution in [1.29, 1.82) is 0 Å². The maximum atomic E-state index is 13.5. The molecule has 1 aromatic heterocycles. The Labute approximate surface area is 139 Å². The predicted octanol–water partition coefficient (Wildman–Crippen LogP) is 3.29. The van der Waals surface area contributed by atoms with Crippen molar-refractivity contribution in [3.8, 4) is 17.1 Å². The van der Waals surface area contributed by atoms with E-state index in [1.165, 1.54) is 18.2 Å². The van der Waals surface area contributed by atoms with Crippen LogP contribution in [0.15, 0.2) is 42.5 Å². The maximum absolute atomic E-state index is 13.5. The summed E-state index contributed by atoms with van der Waals surface area (Å²) >= 11 is 0. The number of nitrogens with zero attached hydrogens (tertiary/aromatic N) is 2. The number of nitrogens with one attached hydrogen (secondary N) is 1. The zero-order chi connectivity index (χ0) is 17.1. The quantitative estimate of drug-likeness (QED) is 0.670. The number of aromatic hydroxyl groups is 1. The zero-order valence-corrected chi connectivity index (χ0v) is 13.3. The van der Waals surface area contributed by atoms with Crippen molar-refractivity contribution in [1.82, 2.24) is 9.97 Å². The molecule has 2 aromatic carbocycles. The van der Waals surface area contributed by atoms with Crippen molar-refractivity contribution in [2.45, 2.75) is 19.4 Å². The van der Waals surface area contributed by atoms with Crippen LogP contribution in [0.1, 0.15) is 13.3 Å². The summed E-state index contributed by atoms with van der Waals surface area (Å²) in [5.74, 6) is 0.353. The van der Waals surface area contributed by atoms with Gasteiger partial charge < -0.3 is 16.2 Å². The Morgan fingerprint density at radius 2 is 2.00 bits per heavy atom. The van der Waals surface area contributed by atoms with Gasteiger partial charge in [-0.15, -0.1) is 0 Å². The molecule has 0 unspecified atom stereocenters. The maximum Gasteiger partial charge on any atom is 0.165 e. The molecule has 5 nitrogen and oxygen atoms in total. The molecule has 1 atom stereocenters. The van der Waals surface area contributed by atoms with Gasteiger partial charge in [0.2, 0.25) is 0 Å². The van der Waals surface area contributed by atoms with E-state index in [-0.39, 0.29) is 23.2 Å². The lowest BCUT2D eigenvalue weighted by Crippen LogP contribution is -2.28. The highest BCUT2D eigenvalue weighted by molar-refractivity contribution is 5.90. The number of phenolic OH excluding ortho intramolecular Hbond substituents is 1. The van der Waals surface area contributed by atoms with Crippen molar-refractivity contribution in [2.24, 2.45) is 5.73 Å². The predicted molar refractivity (Wildman–Crippen MR) is 93.4 cm³/mol. The molecule has 0 radical (unpaired) electrons. The van der Waals surface area contributed by atoms with E-state index in [0.717, 1.165) is 11.8 Å². The van der Waals surface area contributed by atoms with Crippen LogP contribution in [-0.2, 0) is 0 Å². The van der Waals surface area contributed by atoms with Crippen molar-refractivity contribution < 1.29 is 9.50 Å². The number of anilines is 1. The Kier molecular flexibility index (Phi) is 4.57. The Bertz CT molecular complexity index is 869. The van der Waals surface area contributed by atoms with Crippen LogP contribution in [0, 0.1) is 5.82 Å². The number of phenols is 1. The van der Waals surface area contributed by atoms with Gasteiger partial charge in [0, 0.05) is 18.0 Å². The lowest BCUT2D eigenvalue weighted by Gasteiger charge is -2.14. The van der Waals surface area contributed by atoms with E-state index in [1.807, 2.05) is 31.2 Å². The minimum Gasteiger partial charge on any atom is -0.507 e. The molecule has 24 heavy (non-hydrogen) atoms. The number of fused-ring (bicyclic) bond motifs is 1. The van der Waals surface area contributed by atoms with Crippen LogP contribution >= 0.6 is 0 Å². The second kappa shape index (κ2) is 6.80. The van der Waals surface area contributed by atoms with Gasteiger partial charge in [0.25, 0.3) is 0 Å². The van der Waals surface area contributed by atoms with Crippen LogP contribution in [0.5, 0.6) is 5.75 Å². The molecule has 124 valence electrons. The third-order valence-corrected chi connectivity index (χ3v) is 3.86. The van der Waals surface area contributed by atoms with Gasteiger partial charge in [-0.05, 0) is 36.8 Å². The molecule has 0 saturated carbocycles. The largest absolute Gasteiger partial charge is 0.507 e. The summed E-state index contributed by atoms with van der Waals surface area (Å²) in [5.41, 5.74) is 6.92. The van der Waals surface area contributed by atoms with E-state index in [1.54, 1.807) is 0 Å². The van der Waals surface area contributed by atoms with Crippen molar-refractivity contribution in [2.75, 3.05) is 11.9 Å². The highest BCUT2D eigenvalue weighted by Crippen LogP contribution is 2.30. The molecule has 0 fully saturated rings. The monoisotopic (exact) mass is 326 g/mol. The first-order valence-electron chi connectivity index (χ1n) is 7.83. The summed E-state index contributed by atoms with van der Waals surface area (Å²) in [6.07, 6.45) is 0.841. The molecule has 0 spiro atoms. The van der Waals surface area contributed by atoms with E-state index in [2.05, 4.69) is 15.3 Å². The fraction of sp³-hybridized carbons (Fsp3) is 0.222. The standard InChI is InChI=1S/C18H19FN4O/c1-2-12(20)10-21-17-13-5-3-4-6-15(13)22-18(23-17)14-9-11(19)7-8-16(14)24/h3-9,12,24H,2,10,20H2,1H3,(H,21,22,23)/t12-/m1/s1. The summed E-state index contributed by atoms with van der Waals surface area (Å²) in [4.78, 5) is 8.92. The van der Waals surface area contributed by atoms with Crippen LogP contribution in [0.4, 0.5) is 10.2 Å². The molecule has 0 aliphatic rings. The van der Waals surface area contributed by atoms with Crippen LogP contribution in [0.25, 0.3) is 22.3 Å². The summed E-state index contributed by atoms with van der Waals surface area (Å²) in [7, 11) is 0. The third-order valence-electron chi connectivity index (χ3n) is 3.86. The van der Waals surface area contributed by atoms with Gasteiger partial charge in [-0.25, -0.2) is 14.4 Å². The second-order valence-corrected chi connectivity index (χ2v) is 5.62. The number of halogens is 1. The van der Waals surface area contributed by atoms with Crippen LogP contribution in [-0.4, -0.2) is 27.7 Å². The number of aromatic nitrogens is 2. The highest BCUT2D eigenvalue weighted by Gasteiger charge is 2.13. The molecule has 0 bridgehead atoms. The molecule has 6 heteroatoms. The molecule has 1 heterocycles. The molecule has 4 N–H and O–H groups in total. The first kappa shape index (κ1) is 16.1. The van der Waals surface area contributed by atoms with Gasteiger partial charge in [0.1, 0.15) is 17.4 Å². The fourth-order valence-corrected chi connectivity index (χ4v) is 2.39. The normalized spacial score (nSPS) is 12.3. The van der Waals surface area contributed by atoms with Crippen LogP contribution in [0.3, 0.4) is 0 Å². The minimum absolute atomic E-state index is 0.00440. The van der Waals surface area contributed by atoms with E-state index in [9.17, 15) is 9.50 Å². The number of hydrogen-bond acceptors (Lipinski definition) is 5. The SMILES string of the molecule is CC[C@@H](N)CNc1nc(-c2cc(F)ccc2O)nc2ccccc12. The Hall–Kier alpha value is -2.73. The highest BCUT2D eigenvalue weighted by atomic mass is 19.1. The van der Waals surface area contributed by atoms with E-state index in [4.69, 9.17) is 5.73 Å². The zero-order valence-electron chi connectivity index (χ0n) is 13.3. The number of benzene rings is 2. The number of rotatable bonds is 5. The fourth-order valence-electron chi connectivity index (χ4n) is 2.39. The Morgan fingerprint density at radius 1 is 1.21 bits per heavy atom. The molecular formula is C18H19FN4O. The van der Waals surface area contributed by atoms with Crippen molar-refractivity contribution in [3.05, 3.63) is 48.3 Å². The lowest BCUT2D eigenvalue weighted by molar-refractivity contribution is 0.475. The van der Waals surface area contributed by atoms with E-state index >= 15 is 0 Å². The summed E-state index contributed by atoms with van der Waals surface area (Å²) in [6.45, 7) is 2.58. The first-order valence-corrected chi connectivity index (χ1v) is 7.83. The Balaban J connectivity index is 2.11. The lowest BCUT2D eigenvalue weighted by atomic mass is 10.1. The van der Waals surface area contributed by atoms with Crippen molar-refractivity contribution >= 4 is 16.7 Å². The number of hydrogen-bond donors (Lipinski definition) is 3. The molecule has 3 rings (SSSR count). The molecule has 0 saturated heterocycles. The van der Waals surface area contributed by atoms with E-state index < -0.39 is 5.82 Å². The molecule has 0 aliphatic carbocycles. The minimum atomic E-state index is -0.456. The first-order chi connectivity index (χ1) is 11.6. The third kappa shape index (κ3) is 3.28. The molecule has 0 amide bonds. The van der Waals surface area contributed by atoms with Gasteiger partial charge in [-0.1, -0.05) is 19.1 Å². The molecule has 0 aliphatic heterocycles. The number of nitrogens with two attached hydrogens (primary N) is 1. The second-order valence-electron chi connectivity index (χ2n) is 5.62. The van der Waals surface area contributed by atoms with Crippen molar-refractivity contribution in [3.63, 3.8) is 0 Å². The van der Waals surface area contributed by atoms with Crippen LogP contribution < -0.4 is 11.1 Å². The summed E-state index contributed by atoms with van der Waals surface area (Å²) in [5, 5.41) is 14.1. The average Bonchev–Trinajstić information content (AvgIpc) is 2.61. The van der Waals surface area contributed by atoms with Gasteiger partial charge in [0.15, 0.2) is 5.82 Å². The molecule has 3 aromatic rings. The smallest absolute Gasteiger partial charge is 0.165 e. The Morgan fingerprint density at radius 3 is 2.79 bits per heavy atom. The van der Waals surface area contributed by atoms with Crippen LogP contribution in [0.2, 0.25) is 0 Å². The van der Waals surface area contributed by atoms with Gasteiger partial charge in [0.05, 0.1) is 11.1 Å². The number of para-hydroxylation sites is 1. The molecular weight excluding hydrogens is 307 g/mol.